The number of nitrogens with one attached hydrogen (secondary N) is 1. The van der Waals surface area contributed by atoms with Crippen LogP contribution in [0.3, 0.4) is 0 Å². The molecule has 0 aromatic rings. The molecule has 0 spiro atoms. The van der Waals surface area contributed by atoms with Gasteiger partial charge in [0.2, 0.25) is 11.8 Å². The van der Waals surface area contributed by atoms with Crippen molar-refractivity contribution in [3.63, 3.8) is 0 Å². The lowest BCUT2D eigenvalue weighted by atomic mass is 9.69. The van der Waals surface area contributed by atoms with Crippen molar-refractivity contribution in [1.82, 2.24) is 10.2 Å². The van der Waals surface area contributed by atoms with E-state index in [9.17, 15) is 9.59 Å². The van der Waals surface area contributed by atoms with Gasteiger partial charge in [-0.05, 0) is 67.3 Å². The third-order valence-corrected chi connectivity index (χ3v) is 8.12. The summed E-state index contributed by atoms with van der Waals surface area (Å²) in [4.78, 5) is 33.6. The molecule has 2 aliphatic carbocycles. The van der Waals surface area contributed by atoms with Gasteiger partial charge < -0.3 is 10.2 Å². The largest absolute Gasteiger partial charge is 0.344 e. The number of likely N-dealkylation sites (tertiary alicyclic amines) is 1. The van der Waals surface area contributed by atoms with Crippen LogP contribution in [0.15, 0.2) is 28.8 Å². The zero-order valence-electron chi connectivity index (χ0n) is 22.6. The van der Waals surface area contributed by atoms with Gasteiger partial charge in [0.05, 0.1) is 5.38 Å². The first-order chi connectivity index (χ1) is 16.5. The van der Waals surface area contributed by atoms with Gasteiger partial charge in [-0.3, -0.25) is 14.6 Å². The van der Waals surface area contributed by atoms with E-state index in [0.29, 0.717) is 18.4 Å². The summed E-state index contributed by atoms with van der Waals surface area (Å²) >= 11 is 6.23. The van der Waals surface area contributed by atoms with Crippen molar-refractivity contribution in [1.29, 1.82) is 0 Å². The van der Waals surface area contributed by atoms with E-state index in [-0.39, 0.29) is 34.4 Å². The molecule has 0 aromatic heterocycles. The maximum absolute atomic E-state index is 13.7. The summed E-state index contributed by atoms with van der Waals surface area (Å²) in [6, 6.07) is -0.487. The van der Waals surface area contributed by atoms with E-state index in [0.717, 1.165) is 57.3 Å². The standard InChI is InChI=1S/C29H46ClN3O2/c1-19(2)17-31-24-9-7-8-22(16-24)27(34)32-26(20(3)4)28(35)33-15-14-25(29(5,6)18-33)21-10-12-23(30)13-11-21/h10-12,19-20,22-23,25-26H,7-9,13-18H2,1-6H3,(H,32,34)/t22?,23?,25-,26-/m1/s1. The molecule has 2 fully saturated rings. The van der Waals surface area contributed by atoms with E-state index in [1.54, 1.807) is 0 Å². The summed E-state index contributed by atoms with van der Waals surface area (Å²) in [7, 11) is 0. The summed E-state index contributed by atoms with van der Waals surface area (Å²) in [5.74, 6) is 0.950. The maximum atomic E-state index is 13.7. The molecule has 1 saturated carbocycles. The average molecular weight is 504 g/mol. The van der Waals surface area contributed by atoms with Crippen LogP contribution in [0, 0.1) is 29.1 Å². The number of carbonyl (C=O) groups is 2. The minimum absolute atomic E-state index is 0.0104. The molecule has 0 radical (unpaired) electrons. The number of halogens is 1. The zero-order valence-corrected chi connectivity index (χ0v) is 23.4. The zero-order chi connectivity index (χ0) is 25.8. The predicted molar refractivity (Wildman–Crippen MR) is 146 cm³/mol. The number of nitrogens with zero attached hydrogens (tertiary/aromatic N) is 2. The summed E-state index contributed by atoms with van der Waals surface area (Å²) < 4.78 is 0. The number of aliphatic imine (C=N–C) groups is 1. The number of hydrogen-bond acceptors (Lipinski definition) is 3. The molecule has 5 nitrogen and oxygen atoms in total. The maximum Gasteiger partial charge on any atom is 0.245 e. The second-order valence-electron chi connectivity index (χ2n) is 12.2. The molecule has 1 heterocycles. The Morgan fingerprint density at radius 1 is 1.23 bits per heavy atom. The second kappa shape index (κ2) is 12.1. The monoisotopic (exact) mass is 503 g/mol. The Kier molecular flexibility index (Phi) is 9.65. The molecule has 2 unspecified atom stereocenters. The smallest absolute Gasteiger partial charge is 0.245 e. The van der Waals surface area contributed by atoms with Crippen molar-refractivity contribution in [2.24, 2.45) is 34.1 Å². The van der Waals surface area contributed by atoms with E-state index < -0.39 is 6.04 Å². The minimum atomic E-state index is -0.487. The molecule has 196 valence electrons. The Morgan fingerprint density at radius 2 is 1.97 bits per heavy atom. The molecule has 1 saturated heterocycles. The molecule has 35 heavy (non-hydrogen) atoms. The first kappa shape index (κ1) is 28.0. The Bertz CT molecular complexity index is 858. The van der Waals surface area contributed by atoms with E-state index in [2.05, 4.69) is 51.2 Å². The quantitative estimate of drug-likeness (QED) is 0.447. The van der Waals surface area contributed by atoms with Crippen LogP contribution in [-0.4, -0.2) is 53.5 Å². The third kappa shape index (κ3) is 7.44. The van der Waals surface area contributed by atoms with E-state index in [1.807, 2.05) is 18.7 Å². The number of amides is 2. The Morgan fingerprint density at radius 3 is 2.57 bits per heavy atom. The lowest BCUT2D eigenvalue weighted by Crippen LogP contribution is -2.57. The molecule has 0 bridgehead atoms. The van der Waals surface area contributed by atoms with Crippen LogP contribution < -0.4 is 5.32 Å². The van der Waals surface area contributed by atoms with Crippen molar-refractivity contribution in [3.8, 4) is 0 Å². The first-order valence-electron chi connectivity index (χ1n) is 13.6. The highest BCUT2D eigenvalue weighted by Gasteiger charge is 2.41. The SMILES string of the molecule is CC(C)CN=C1CCCC(C(=O)N[C@@H](C(=O)N2CC[C@H](C3=CCC(Cl)C=C3)C(C)(C)C2)C(C)C)C1. The van der Waals surface area contributed by atoms with Crippen LogP contribution in [0.1, 0.15) is 80.1 Å². The lowest BCUT2D eigenvalue weighted by molar-refractivity contribution is -0.142. The van der Waals surface area contributed by atoms with Crippen LogP contribution in [0.5, 0.6) is 0 Å². The van der Waals surface area contributed by atoms with Crippen molar-refractivity contribution in [3.05, 3.63) is 23.8 Å². The van der Waals surface area contributed by atoms with Crippen LogP contribution >= 0.6 is 11.6 Å². The molecular weight excluding hydrogens is 458 g/mol. The molecule has 3 aliphatic rings. The van der Waals surface area contributed by atoms with E-state index in [4.69, 9.17) is 16.6 Å². The van der Waals surface area contributed by atoms with Crippen molar-refractivity contribution < 1.29 is 9.59 Å². The van der Waals surface area contributed by atoms with E-state index >= 15 is 0 Å². The van der Waals surface area contributed by atoms with Crippen molar-refractivity contribution >= 4 is 29.1 Å². The number of hydrogen-bond donors (Lipinski definition) is 1. The Hall–Kier alpha value is -1.62. The molecule has 0 aromatic carbocycles. The fourth-order valence-corrected chi connectivity index (χ4v) is 5.90. The molecular formula is C29H46ClN3O2. The van der Waals surface area contributed by atoms with Gasteiger partial charge in [0.1, 0.15) is 6.04 Å². The topological polar surface area (TPSA) is 61.8 Å². The molecule has 2 amide bonds. The predicted octanol–water partition coefficient (Wildman–Crippen LogP) is 5.78. The Balaban J connectivity index is 1.63. The number of allylic oxidation sites excluding steroid dienone is 4. The molecule has 1 N–H and O–H groups in total. The number of carbonyl (C=O) groups excluding carboxylic acids is 2. The second-order valence-corrected chi connectivity index (χ2v) is 12.8. The molecule has 4 atom stereocenters. The van der Waals surface area contributed by atoms with Gasteiger partial charge >= 0.3 is 0 Å². The summed E-state index contributed by atoms with van der Waals surface area (Å²) in [5.41, 5.74) is 2.47. The molecule has 6 heteroatoms. The summed E-state index contributed by atoms with van der Waals surface area (Å²) in [5, 5.41) is 3.24. The van der Waals surface area contributed by atoms with Crippen LogP contribution in [0.25, 0.3) is 0 Å². The van der Waals surface area contributed by atoms with Gasteiger partial charge in [0, 0.05) is 31.3 Å². The third-order valence-electron chi connectivity index (χ3n) is 7.80. The highest BCUT2D eigenvalue weighted by atomic mass is 35.5. The van der Waals surface area contributed by atoms with E-state index in [1.165, 1.54) is 5.57 Å². The van der Waals surface area contributed by atoms with Gasteiger partial charge in [-0.15, -0.1) is 11.6 Å². The number of alkyl halides is 1. The summed E-state index contributed by atoms with van der Waals surface area (Å²) in [6.45, 7) is 15.1. The minimum Gasteiger partial charge on any atom is -0.344 e. The van der Waals surface area contributed by atoms with Crippen molar-refractivity contribution in [2.45, 2.75) is 91.5 Å². The fourth-order valence-electron chi connectivity index (χ4n) is 5.73. The fraction of sp³-hybridized carbons (Fsp3) is 0.759. The van der Waals surface area contributed by atoms with Crippen molar-refractivity contribution in [2.75, 3.05) is 19.6 Å². The van der Waals surface area contributed by atoms with Crippen LogP contribution in [0.4, 0.5) is 0 Å². The highest BCUT2D eigenvalue weighted by molar-refractivity contribution is 6.22. The Labute approximate surface area is 217 Å². The first-order valence-corrected chi connectivity index (χ1v) is 14.0. The summed E-state index contributed by atoms with van der Waals surface area (Å²) in [6.07, 6.45) is 11.9. The van der Waals surface area contributed by atoms with Crippen LogP contribution in [0.2, 0.25) is 0 Å². The van der Waals surface area contributed by atoms with Crippen LogP contribution in [-0.2, 0) is 9.59 Å². The average Bonchev–Trinajstić information content (AvgIpc) is 2.80. The number of rotatable bonds is 7. The lowest BCUT2D eigenvalue weighted by Gasteiger charge is -2.46. The van der Waals surface area contributed by atoms with Gasteiger partial charge in [-0.25, -0.2) is 0 Å². The normalized spacial score (nSPS) is 28.8. The molecule has 3 rings (SSSR count). The van der Waals surface area contributed by atoms with Gasteiger partial charge in [-0.2, -0.15) is 0 Å². The highest BCUT2D eigenvalue weighted by Crippen LogP contribution is 2.41. The van der Waals surface area contributed by atoms with Gasteiger partial charge in [0.25, 0.3) is 0 Å². The molecule has 1 aliphatic heterocycles. The van der Waals surface area contributed by atoms with Gasteiger partial charge in [0.15, 0.2) is 0 Å². The number of piperidine rings is 1. The van der Waals surface area contributed by atoms with Gasteiger partial charge in [-0.1, -0.05) is 59.8 Å².